The van der Waals surface area contributed by atoms with E-state index in [0.717, 1.165) is 0 Å². The molecule has 1 N–H and O–H groups in total. The van der Waals surface area contributed by atoms with Gasteiger partial charge in [-0.25, -0.2) is 21.5 Å². The Morgan fingerprint density at radius 3 is 1.79 bits per heavy atom. The second-order valence-electron chi connectivity index (χ2n) is 7.94. The smallest absolute Gasteiger partial charge is 0.748 e. The monoisotopic (exact) mass is 548 g/mol. The number of nitrogens with zero attached hydrogens (tertiary/aromatic N) is 3. The predicted octanol–water partition coefficient (Wildman–Crippen LogP) is -9.05. The molecule has 1 aromatic rings. The van der Waals surface area contributed by atoms with Crippen molar-refractivity contribution >= 4 is 25.9 Å². The van der Waals surface area contributed by atoms with E-state index in [1.807, 2.05) is 0 Å². The van der Waals surface area contributed by atoms with E-state index in [2.05, 4.69) is 20.2 Å². The molecule has 13 nitrogen and oxygen atoms in total. The number of aromatic amines is 1. The van der Waals surface area contributed by atoms with Crippen molar-refractivity contribution in [3.63, 3.8) is 0 Å². The summed E-state index contributed by atoms with van der Waals surface area (Å²) in [6, 6.07) is -0.753. The van der Waals surface area contributed by atoms with Crippen LogP contribution in [0.4, 0.5) is 5.69 Å². The van der Waals surface area contributed by atoms with Crippen LogP contribution in [0.25, 0.3) is 0 Å². The Balaban J connectivity index is 0.00000363. The summed E-state index contributed by atoms with van der Waals surface area (Å²) in [4.78, 5) is 16.7. The summed E-state index contributed by atoms with van der Waals surface area (Å²) in [5, 5.41) is 19.6. The Kier molecular flexibility index (Phi) is 15.7. The van der Waals surface area contributed by atoms with E-state index >= 15 is 0 Å². The molecule has 0 bridgehead atoms. The molecule has 18 heteroatoms. The van der Waals surface area contributed by atoms with Crippen molar-refractivity contribution < 1.29 is 125 Å². The summed E-state index contributed by atoms with van der Waals surface area (Å²) in [6.45, 7) is -0.470. The standard InChI is InChI=1S/C16H26N4O9S2.3Na/c21-16-15(18-17-10-1-5-12(6-2-10)30(23,24)25)14(9-29-22)19-20(16)11-3-7-13(8-4-11)31(26,27)28;;;/h10-13,19,22H,1-9H2,(H,23,24,25)(H,26,27,28);;;/q;3*+1/p-3. The molecular formula is C16H23N4Na3O9S2. The number of azo groups is 1. The normalized spacial score (nSPS) is 25.7. The molecule has 0 aliphatic heterocycles. The van der Waals surface area contributed by atoms with Crippen molar-refractivity contribution in [1.29, 1.82) is 0 Å². The van der Waals surface area contributed by atoms with Gasteiger partial charge in [0.25, 0.3) is 5.56 Å². The minimum absolute atomic E-state index is 0. The average Bonchev–Trinajstić information content (AvgIpc) is 3.01. The summed E-state index contributed by atoms with van der Waals surface area (Å²) in [6.07, 6.45) is 1.80. The molecule has 2 fully saturated rings. The molecule has 0 amide bonds. The first kappa shape index (κ1) is 35.4. The van der Waals surface area contributed by atoms with Crippen molar-refractivity contribution in [3.8, 4) is 0 Å². The zero-order valence-corrected chi connectivity index (χ0v) is 27.1. The van der Waals surface area contributed by atoms with Gasteiger partial charge in [0.05, 0.1) is 44.6 Å². The van der Waals surface area contributed by atoms with E-state index in [9.17, 15) is 36.0 Å². The van der Waals surface area contributed by atoms with Crippen molar-refractivity contribution in [1.82, 2.24) is 9.78 Å². The van der Waals surface area contributed by atoms with E-state index in [1.165, 1.54) is 4.68 Å². The number of rotatable bonds is 7. The third-order valence-electron chi connectivity index (χ3n) is 5.96. The topological polar surface area (TPSA) is 209 Å². The number of aromatic nitrogens is 2. The quantitative estimate of drug-likeness (QED) is 0.113. The minimum Gasteiger partial charge on any atom is -0.748 e. The molecule has 2 aliphatic carbocycles. The number of hydrogen-bond acceptors (Lipinski definition) is 11. The van der Waals surface area contributed by atoms with E-state index in [-0.39, 0.29) is 145 Å². The molecule has 0 atom stereocenters. The maximum atomic E-state index is 12.8. The van der Waals surface area contributed by atoms with Crippen molar-refractivity contribution in [3.05, 3.63) is 16.0 Å². The maximum Gasteiger partial charge on any atom is 1.00 e. The van der Waals surface area contributed by atoms with Gasteiger partial charge >= 0.3 is 88.7 Å². The van der Waals surface area contributed by atoms with Gasteiger partial charge in [0.15, 0.2) is 5.69 Å². The van der Waals surface area contributed by atoms with Crippen molar-refractivity contribution in [2.24, 2.45) is 10.2 Å². The first-order valence-electron chi connectivity index (χ1n) is 9.89. The van der Waals surface area contributed by atoms with Crippen LogP contribution in [-0.4, -0.2) is 52.3 Å². The molecule has 0 radical (unpaired) electrons. The van der Waals surface area contributed by atoms with Crippen LogP contribution >= 0.6 is 0 Å². The Morgan fingerprint density at radius 1 is 0.882 bits per heavy atom. The van der Waals surface area contributed by atoms with Gasteiger partial charge in [0.1, 0.15) is 0 Å². The van der Waals surface area contributed by atoms with Gasteiger partial charge in [0, 0.05) is 10.5 Å². The fourth-order valence-corrected chi connectivity index (χ4v) is 5.89. The third kappa shape index (κ3) is 9.27. The summed E-state index contributed by atoms with van der Waals surface area (Å²) in [5.74, 6) is 0. The molecule has 2 aliphatic rings. The van der Waals surface area contributed by atoms with E-state index in [1.54, 1.807) is 0 Å². The first-order valence-corrected chi connectivity index (χ1v) is 12.8. The maximum absolute atomic E-state index is 12.8. The van der Waals surface area contributed by atoms with Crippen molar-refractivity contribution in [2.75, 3.05) is 0 Å². The second-order valence-corrected chi connectivity index (χ2v) is 11.2. The summed E-state index contributed by atoms with van der Waals surface area (Å²) >= 11 is 0. The summed E-state index contributed by atoms with van der Waals surface area (Å²) in [5.41, 5.74) is -0.564. The molecular weight excluding hydrogens is 525 g/mol. The zero-order valence-electron chi connectivity index (χ0n) is 19.5. The van der Waals surface area contributed by atoms with Gasteiger partial charge in [-0.3, -0.25) is 9.89 Å². The van der Waals surface area contributed by atoms with Crippen LogP contribution in [0.1, 0.15) is 63.1 Å². The van der Waals surface area contributed by atoms with Crippen LogP contribution < -0.4 is 99.5 Å². The predicted molar refractivity (Wildman–Crippen MR) is 101 cm³/mol. The number of H-pyrrole nitrogens is 1. The molecule has 0 aromatic carbocycles. The van der Waals surface area contributed by atoms with E-state index in [4.69, 9.17) is 0 Å². The molecule has 0 unspecified atom stereocenters. The van der Waals surface area contributed by atoms with Crippen LogP contribution in [0.3, 0.4) is 0 Å². The largest absolute Gasteiger partial charge is 1.00 e. The molecule has 2 saturated carbocycles. The molecule has 176 valence electrons. The third-order valence-corrected chi connectivity index (χ3v) is 8.53. The summed E-state index contributed by atoms with van der Waals surface area (Å²) < 4.78 is 68.1. The fourth-order valence-electron chi connectivity index (χ4n) is 4.19. The number of hydrogen-bond donors (Lipinski definition) is 1. The van der Waals surface area contributed by atoms with Gasteiger partial charge in [-0.2, -0.15) is 5.11 Å². The van der Waals surface area contributed by atoms with Crippen LogP contribution in [0.5, 0.6) is 0 Å². The SMILES string of the molecule is O=c1c(N=NC2CCC(S(=O)(=O)[O-])CC2)c(CO[O-])[nH]n1C1CCC(S(=O)(=O)[O-])CC1.[Na+].[Na+].[Na+]. The first-order chi connectivity index (χ1) is 14.5. The van der Waals surface area contributed by atoms with Crippen LogP contribution in [-0.2, 0) is 31.7 Å². The van der Waals surface area contributed by atoms with Crippen molar-refractivity contribution in [2.45, 2.75) is 80.6 Å². The van der Waals surface area contributed by atoms with Gasteiger partial charge in [-0.1, -0.05) is 0 Å². The Hall–Kier alpha value is 1.35. The molecule has 34 heavy (non-hydrogen) atoms. The van der Waals surface area contributed by atoms with Gasteiger partial charge in [0.2, 0.25) is 0 Å². The second kappa shape index (κ2) is 15.1. The average molecular weight is 548 g/mol. The molecule has 0 saturated heterocycles. The van der Waals surface area contributed by atoms with E-state index in [0.29, 0.717) is 12.8 Å². The molecule has 1 aromatic heterocycles. The van der Waals surface area contributed by atoms with Crippen LogP contribution in [0.2, 0.25) is 0 Å². The van der Waals surface area contributed by atoms with Gasteiger partial charge < -0.3 is 19.3 Å². The number of nitrogens with one attached hydrogen (secondary N) is 1. The zero-order chi connectivity index (χ0) is 22.8. The fraction of sp³-hybridized carbons (Fsp3) is 0.812. The van der Waals surface area contributed by atoms with Gasteiger partial charge in [-0.05, 0) is 51.4 Å². The summed E-state index contributed by atoms with van der Waals surface area (Å²) in [7, 11) is -8.74. The van der Waals surface area contributed by atoms with Crippen LogP contribution in [0, 0.1) is 0 Å². The Labute approximate surface area is 264 Å². The van der Waals surface area contributed by atoms with Gasteiger partial charge in [-0.15, -0.1) is 5.11 Å². The van der Waals surface area contributed by atoms with E-state index < -0.39 is 48.9 Å². The minimum atomic E-state index is -4.39. The molecule has 0 spiro atoms. The molecule has 1 heterocycles. The van der Waals surface area contributed by atoms with Crippen LogP contribution in [0.15, 0.2) is 15.0 Å². The Bertz CT molecular complexity index is 1080. The Morgan fingerprint density at radius 2 is 1.35 bits per heavy atom. The molecule has 3 rings (SSSR count).